The van der Waals surface area contributed by atoms with Crippen molar-refractivity contribution in [3.8, 4) is 6.07 Å². The monoisotopic (exact) mass is 542 g/mol. The molecule has 5 atom stereocenters. The normalized spacial score (nSPS) is 24.5. The minimum absolute atomic E-state index is 0.0173. The molecular weight excluding hydrogens is 507 g/mol. The van der Waals surface area contributed by atoms with Crippen LogP contribution in [0.5, 0.6) is 0 Å². The highest BCUT2D eigenvalue weighted by Gasteiger charge is 2.59. The van der Waals surface area contributed by atoms with Crippen LogP contribution < -0.4 is 5.32 Å². The van der Waals surface area contributed by atoms with Gasteiger partial charge >= 0.3 is 5.97 Å². The number of methoxy groups -OCH3 is 1. The number of esters is 1. The van der Waals surface area contributed by atoms with E-state index in [9.17, 15) is 14.9 Å². The van der Waals surface area contributed by atoms with Crippen LogP contribution in [0.4, 0.5) is 0 Å². The van der Waals surface area contributed by atoms with Gasteiger partial charge in [-0.3, -0.25) is 9.59 Å². The van der Waals surface area contributed by atoms with Crippen molar-refractivity contribution in [2.24, 2.45) is 17.3 Å². The molecule has 1 aliphatic heterocycles. The number of ketones is 1. The van der Waals surface area contributed by atoms with E-state index >= 15 is 0 Å². The van der Waals surface area contributed by atoms with Gasteiger partial charge in [0.1, 0.15) is 5.41 Å². The highest BCUT2D eigenvalue weighted by atomic mass is 35.5. The summed E-state index contributed by atoms with van der Waals surface area (Å²) in [5.74, 6) is -1.73. The second-order valence-electron chi connectivity index (χ2n) is 11.5. The van der Waals surface area contributed by atoms with Crippen LogP contribution in [0.1, 0.15) is 64.5 Å². The molecule has 1 saturated heterocycles. The van der Waals surface area contributed by atoms with Crippen LogP contribution in [0, 0.1) is 28.6 Å². The zero-order valence-corrected chi connectivity index (χ0v) is 23.9. The number of nitriles is 1. The van der Waals surface area contributed by atoms with E-state index in [4.69, 9.17) is 27.9 Å². The lowest BCUT2D eigenvalue weighted by molar-refractivity contribution is -0.149. The van der Waals surface area contributed by atoms with Crippen LogP contribution in [0.3, 0.4) is 0 Å². The van der Waals surface area contributed by atoms with Gasteiger partial charge in [0.15, 0.2) is 5.78 Å². The molecule has 0 amide bonds. The third-order valence-electron chi connectivity index (χ3n) is 7.36. The minimum Gasteiger partial charge on any atom is -0.469 e. The molecule has 3 rings (SSSR count). The standard InChI is InChI=1S/C30H36Cl2N2O3/c1-18(2)23(28(36)37-6)15-24(35)27-26(19-8-7-9-22(32)14-19)30(17-33,20-10-12-21(31)13-11-20)25(34-27)16-29(3,4)5/h7-14,18,23,25-27,34H,15-16H2,1-6H3/t23-,25-,26-,27-,30-/m0/s1. The first-order valence-corrected chi connectivity index (χ1v) is 13.4. The van der Waals surface area contributed by atoms with Gasteiger partial charge in [-0.15, -0.1) is 0 Å². The van der Waals surface area contributed by atoms with Gasteiger partial charge in [-0.1, -0.05) is 82.1 Å². The summed E-state index contributed by atoms with van der Waals surface area (Å²) in [5.41, 5.74) is 0.372. The van der Waals surface area contributed by atoms with Gasteiger partial charge in [0.25, 0.3) is 0 Å². The fourth-order valence-corrected chi connectivity index (χ4v) is 5.92. The number of hydrogen-bond acceptors (Lipinski definition) is 5. The molecule has 1 fully saturated rings. The summed E-state index contributed by atoms with van der Waals surface area (Å²) < 4.78 is 5.00. The topological polar surface area (TPSA) is 79.2 Å². The summed E-state index contributed by atoms with van der Waals surface area (Å²) in [6.07, 6.45) is 0.665. The molecule has 37 heavy (non-hydrogen) atoms. The molecule has 0 saturated carbocycles. The van der Waals surface area contributed by atoms with E-state index in [2.05, 4.69) is 32.2 Å². The van der Waals surface area contributed by atoms with Gasteiger partial charge in [-0.05, 0) is 53.1 Å². The Morgan fingerprint density at radius 3 is 2.27 bits per heavy atom. The lowest BCUT2D eigenvalue weighted by Crippen LogP contribution is -2.44. The van der Waals surface area contributed by atoms with Gasteiger partial charge in [0.2, 0.25) is 0 Å². The zero-order valence-electron chi connectivity index (χ0n) is 22.3. The number of carbonyl (C=O) groups excluding carboxylic acids is 2. The molecule has 198 valence electrons. The number of carbonyl (C=O) groups is 2. The van der Waals surface area contributed by atoms with Crippen molar-refractivity contribution < 1.29 is 14.3 Å². The molecule has 0 radical (unpaired) electrons. The van der Waals surface area contributed by atoms with Crippen LogP contribution in [-0.4, -0.2) is 30.9 Å². The van der Waals surface area contributed by atoms with Crippen LogP contribution in [0.15, 0.2) is 48.5 Å². The summed E-state index contributed by atoms with van der Waals surface area (Å²) in [6, 6.07) is 16.3. The molecular formula is C30H36Cl2N2O3. The predicted molar refractivity (Wildman–Crippen MR) is 148 cm³/mol. The first kappa shape index (κ1) is 29.2. The SMILES string of the molecule is COC(=O)[C@@H](CC(=O)[C@@H]1N[C@@H](CC(C)(C)C)[C@](C#N)(c2ccc(Cl)cc2)[C@H]1c1cccc(Cl)c1)C(C)C. The zero-order chi connectivity index (χ0) is 27.5. The molecule has 7 heteroatoms. The van der Waals surface area contributed by atoms with Gasteiger partial charge in [0.05, 0.1) is 25.1 Å². The smallest absolute Gasteiger partial charge is 0.309 e. The predicted octanol–water partition coefficient (Wildman–Crippen LogP) is 6.72. The second kappa shape index (κ2) is 11.6. The Labute approximate surface area is 230 Å². The molecule has 2 aromatic carbocycles. The molecule has 0 unspecified atom stereocenters. The highest BCUT2D eigenvalue weighted by Crippen LogP contribution is 2.52. The van der Waals surface area contributed by atoms with Gasteiger partial charge in [0, 0.05) is 28.4 Å². The first-order chi connectivity index (χ1) is 17.3. The molecule has 0 spiro atoms. The number of ether oxygens (including phenoxy) is 1. The molecule has 0 bridgehead atoms. The third kappa shape index (κ3) is 6.20. The Kier molecular flexibility index (Phi) is 9.11. The van der Waals surface area contributed by atoms with Crippen molar-refractivity contribution in [3.63, 3.8) is 0 Å². The number of nitrogens with one attached hydrogen (secondary N) is 1. The maximum absolute atomic E-state index is 14.0. The van der Waals surface area contributed by atoms with Crippen LogP contribution >= 0.6 is 23.2 Å². The van der Waals surface area contributed by atoms with Crippen molar-refractivity contribution >= 4 is 35.0 Å². The third-order valence-corrected chi connectivity index (χ3v) is 7.85. The summed E-state index contributed by atoms with van der Waals surface area (Å²) >= 11 is 12.6. The van der Waals surface area contributed by atoms with E-state index in [0.717, 1.165) is 11.1 Å². The highest BCUT2D eigenvalue weighted by molar-refractivity contribution is 6.30. The quantitative estimate of drug-likeness (QED) is 0.374. The number of hydrogen-bond donors (Lipinski definition) is 1. The maximum Gasteiger partial charge on any atom is 0.309 e. The van der Waals surface area contributed by atoms with E-state index in [1.165, 1.54) is 7.11 Å². The van der Waals surface area contributed by atoms with Crippen LogP contribution in [0.2, 0.25) is 10.0 Å². The van der Waals surface area contributed by atoms with Crippen molar-refractivity contribution in [1.82, 2.24) is 5.32 Å². The van der Waals surface area contributed by atoms with Crippen molar-refractivity contribution in [3.05, 3.63) is 69.7 Å². The van der Waals surface area contributed by atoms with Gasteiger partial charge < -0.3 is 10.1 Å². The Balaban J connectivity index is 2.23. The average molecular weight is 544 g/mol. The van der Waals surface area contributed by atoms with Crippen molar-refractivity contribution in [2.45, 2.75) is 70.9 Å². The number of nitrogens with zero attached hydrogens (tertiary/aromatic N) is 1. The van der Waals surface area contributed by atoms with Crippen LogP contribution in [-0.2, 0) is 19.7 Å². The Morgan fingerprint density at radius 1 is 1.11 bits per heavy atom. The average Bonchev–Trinajstić information content (AvgIpc) is 3.15. The molecule has 0 aromatic heterocycles. The molecule has 5 nitrogen and oxygen atoms in total. The maximum atomic E-state index is 14.0. The Morgan fingerprint density at radius 2 is 1.76 bits per heavy atom. The van der Waals surface area contributed by atoms with Crippen molar-refractivity contribution in [2.75, 3.05) is 7.11 Å². The molecule has 2 aromatic rings. The van der Waals surface area contributed by atoms with Crippen LogP contribution in [0.25, 0.3) is 0 Å². The Hall–Kier alpha value is -2.39. The molecule has 0 aliphatic carbocycles. The molecule has 1 aliphatic rings. The lowest BCUT2D eigenvalue weighted by atomic mass is 9.62. The molecule has 1 N–H and O–H groups in total. The molecule has 1 heterocycles. The summed E-state index contributed by atoms with van der Waals surface area (Å²) in [4.78, 5) is 26.5. The van der Waals surface area contributed by atoms with E-state index < -0.39 is 29.3 Å². The number of rotatable bonds is 8. The van der Waals surface area contributed by atoms with E-state index in [-0.39, 0.29) is 29.6 Å². The number of halogens is 2. The van der Waals surface area contributed by atoms with E-state index in [1.54, 1.807) is 18.2 Å². The van der Waals surface area contributed by atoms with Gasteiger partial charge in [-0.25, -0.2) is 0 Å². The summed E-state index contributed by atoms with van der Waals surface area (Å²) in [7, 11) is 1.34. The van der Waals surface area contributed by atoms with E-state index in [1.807, 2.05) is 44.2 Å². The van der Waals surface area contributed by atoms with Crippen molar-refractivity contribution in [1.29, 1.82) is 5.26 Å². The second-order valence-corrected chi connectivity index (χ2v) is 12.4. The lowest BCUT2D eigenvalue weighted by Gasteiger charge is -2.37. The summed E-state index contributed by atoms with van der Waals surface area (Å²) in [6.45, 7) is 10.2. The minimum atomic E-state index is -1.08. The first-order valence-electron chi connectivity index (χ1n) is 12.6. The fraction of sp³-hybridized carbons (Fsp3) is 0.500. The largest absolute Gasteiger partial charge is 0.469 e. The number of benzene rings is 2. The summed E-state index contributed by atoms with van der Waals surface area (Å²) in [5, 5.41) is 15.6. The van der Waals surface area contributed by atoms with Gasteiger partial charge in [-0.2, -0.15) is 5.26 Å². The fourth-order valence-electron chi connectivity index (χ4n) is 5.60. The van der Waals surface area contributed by atoms with E-state index in [0.29, 0.717) is 16.5 Å². The Bertz CT molecular complexity index is 1170. The number of Topliss-reactive ketones (excluding diaryl/α,β-unsaturated/α-hetero) is 1.